The molecule has 0 saturated carbocycles. The molecule has 0 N–H and O–H groups in total. The van der Waals surface area contributed by atoms with Crippen LogP contribution in [0.15, 0.2) is 85.2 Å². The fourth-order valence-corrected chi connectivity index (χ4v) is 4.14. The summed E-state index contributed by atoms with van der Waals surface area (Å²) in [5.74, 6) is 0.805. The summed E-state index contributed by atoms with van der Waals surface area (Å²) in [7, 11) is 0. The van der Waals surface area contributed by atoms with E-state index in [0.29, 0.717) is 6.61 Å². The lowest BCUT2D eigenvalue weighted by molar-refractivity contribution is 0.250. The van der Waals surface area contributed by atoms with Crippen LogP contribution in [0, 0.1) is 0 Å². The summed E-state index contributed by atoms with van der Waals surface area (Å²) in [6.45, 7) is 5.55. The zero-order chi connectivity index (χ0) is 20.9. The molecule has 0 unspecified atom stereocenters. The van der Waals surface area contributed by atoms with Crippen molar-refractivity contribution >= 4 is 16.6 Å². The summed E-state index contributed by atoms with van der Waals surface area (Å²) >= 11 is 0. The molecule has 0 amide bonds. The highest BCUT2D eigenvalue weighted by atomic mass is 16.5. The topological polar surface area (TPSA) is 41.5 Å². The molecular formula is C26H26N4O. The molecule has 31 heavy (non-hydrogen) atoms. The van der Waals surface area contributed by atoms with Crippen LogP contribution < -0.4 is 9.64 Å². The highest BCUT2D eigenvalue weighted by molar-refractivity contribution is 5.87. The molecule has 4 aromatic rings. The molecule has 0 bridgehead atoms. The van der Waals surface area contributed by atoms with Gasteiger partial charge < -0.3 is 9.64 Å². The van der Waals surface area contributed by atoms with Gasteiger partial charge in [0.25, 0.3) is 0 Å². The number of para-hydroxylation sites is 1. The quantitative estimate of drug-likeness (QED) is 0.467. The minimum absolute atomic E-state index is 0.438. The number of piperazine rings is 1. The number of hydrogen-bond donors (Lipinski definition) is 0. The number of nitrogens with zero attached hydrogens (tertiary/aromatic N) is 4. The monoisotopic (exact) mass is 410 g/mol. The molecule has 0 atom stereocenters. The van der Waals surface area contributed by atoms with Gasteiger partial charge in [-0.25, -0.2) is 0 Å². The van der Waals surface area contributed by atoms with Crippen molar-refractivity contribution in [3.05, 3.63) is 96.4 Å². The van der Waals surface area contributed by atoms with Gasteiger partial charge in [-0.15, -0.1) is 0 Å². The molecule has 0 aliphatic carbocycles. The third-order valence-electron chi connectivity index (χ3n) is 5.81. The van der Waals surface area contributed by atoms with Crippen molar-refractivity contribution in [1.82, 2.24) is 14.9 Å². The maximum atomic E-state index is 6.07. The first-order valence-corrected chi connectivity index (χ1v) is 10.8. The van der Waals surface area contributed by atoms with E-state index in [4.69, 9.17) is 4.74 Å². The predicted octanol–water partition coefficient (Wildman–Crippen LogP) is 4.53. The Kier molecular flexibility index (Phi) is 5.76. The molecule has 5 rings (SSSR count). The van der Waals surface area contributed by atoms with E-state index in [1.165, 1.54) is 11.3 Å². The van der Waals surface area contributed by atoms with Gasteiger partial charge in [-0.3, -0.25) is 14.9 Å². The third-order valence-corrected chi connectivity index (χ3v) is 5.81. The standard InChI is InChI=1S/C26H26N4O/c1-2-8-23(9-3-1)30-17-15-29(16-18-30)19-21-11-12-25(26-24(21)10-6-14-28-26)31-20-22-7-4-5-13-27-22/h1-14H,15-20H2. The number of anilines is 1. The first kappa shape index (κ1) is 19.5. The molecule has 0 radical (unpaired) electrons. The second kappa shape index (κ2) is 9.14. The molecule has 156 valence electrons. The summed E-state index contributed by atoms with van der Waals surface area (Å²) in [5, 5.41) is 1.16. The predicted molar refractivity (Wildman–Crippen MR) is 124 cm³/mol. The smallest absolute Gasteiger partial charge is 0.146 e. The van der Waals surface area contributed by atoms with Gasteiger partial charge in [0, 0.05) is 56.2 Å². The van der Waals surface area contributed by atoms with Gasteiger partial charge in [-0.05, 0) is 42.0 Å². The minimum Gasteiger partial charge on any atom is -0.485 e. The lowest BCUT2D eigenvalue weighted by atomic mass is 10.1. The Morgan fingerprint density at radius 2 is 1.55 bits per heavy atom. The van der Waals surface area contributed by atoms with Crippen LogP contribution in [-0.4, -0.2) is 41.0 Å². The SMILES string of the molecule is c1ccc(N2CCN(Cc3ccc(OCc4ccccn4)c4ncccc34)CC2)cc1. The zero-order valence-electron chi connectivity index (χ0n) is 17.5. The molecule has 1 saturated heterocycles. The van der Waals surface area contributed by atoms with Gasteiger partial charge in [0.15, 0.2) is 0 Å². The second-order valence-electron chi connectivity index (χ2n) is 7.83. The van der Waals surface area contributed by atoms with Crippen molar-refractivity contribution in [2.45, 2.75) is 13.2 Å². The average Bonchev–Trinajstić information content (AvgIpc) is 2.85. The Morgan fingerprint density at radius 1 is 0.742 bits per heavy atom. The summed E-state index contributed by atoms with van der Waals surface area (Å²) in [5.41, 5.74) is 4.43. The normalized spacial score (nSPS) is 14.6. The second-order valence-corrected chi connectivity index (χ2v) is 7.83. The number of aromatic nitrogens is 2. The molecular weight excluding hydrogens is 384 g/mol. The Hall–Kier alpha value is -3.44. The number of fused-ring (bicyclic) bond motifs is 1. The van der Waals surface area contributed by atoms with Crippen LogP contribution in [0.5, 0.6) is 5.75 Å². The molecule has 0 spiro atoms. The van der Waals surface area contributed by atoms with Gasteiger partial charge in [0.1, 0.15) is 17.9 Å². The molecule has 1 aliphatic rings. The number of pyridine rings is 2. The number of benzene rings is 2. The molecule has 1 aliphatic heterocycles. The number of ether oxygens (including phenoxy) is 1. The van der Waals surface area contributed by atoms with Gasteiger partial charge >= 0.3 is 0 Å². The van der Waals surface area contributed by atoms with Gasteiger partial charge in [0.05, 0.1) is 5.69 Å². The summed E-state index contributed by atoms with van der Waals surface area (Å²) in [6.07, 6.45) is 3.62. The molecule has 1 fully saturated rings. The Morgan fingerprint density at radius 3 is 2.35 bits per heavy atom. The Bertz CT molecular complexity index is 1130. The van der Waals surface area contributed by atoms with Crippen molar-refractivity contribution in [3.8, 4) is 5.75 Å². The van der Waals surface area contributed by atoms with Crippen molar-refractivity contribution in [1.29, 1.82) is 0 Å². The maximum absolute atomic E-state index is 6.07. The van der Waals surface area contributed by atoms with Crippen LogP contribution >= 0.6 is 0 Å². The van der Waals surface area contributed by atoms with Crippen molar-refractivity contribution < 1.29 is 4.74 Å². The van der Waals surface area contributed by atoms with E-state index in [-0.39, 0.29) is 0 Å². The van der Waals surface area contributed by atoms with E-state index in [2.05, 4.69) is 62.2 Å². The van der Waals surface area contributed by atoms with Gasteiger partial charge in [-0.2, -0.15) is 0 Å². The molecule has 3 heterocycles. The summed E-state index contributed by atoms with van der Waals surface area (Å²) in [4.78, 5) is 14.0. The number of hydrogen-bond acceptors (Lipinski definition) is 5. The van der Waals surface area contributed by atoms with E-state index in [1.54, 1.807) is 6.20 Å². The van der Waals surface area contributed by atoms with Crippen molar-refractivity contribution in [2.75, 3.05) is 31.1 Å². The van der Waals surface area contributed by atoms with Crippen LogP contribution in [0.3, 0.4) is 0 Å². The first-order valence-electron chi connectivity index (χ1n) is 10.8. The van der Waals surface area contributed by atoms with Crippen LogP contribution in [-0.2, 0) is 13.2 Å². The van der Waals surface area contributed by atoms with Crippen molar-refractivity contribution in [2.24, 2.45) is 0 Å². The summed E-state index contributed by atoms with van der Waals surface area (Å²) in [6, 6.07) is 24.9. The highest BCUT2D eigenvalue weighted by Crippen LogP contribution is 2.28. The number of rotatable bonds is 6. The Balaban J connectivity index is 1.28. The largest absolute Gasteiger partial charge is 0.485 e. The average molecular weight is 411 g/mol. The summed E-state index contributed by atoms with van der Waals surface area (Å²) < 4.78 is 6.07. The molecule has 5 nitrogen and oxygen atoms in total. The van der Waals surface area contributed by atoms with E-state index in [1.807, 2.05) is 36.5 Å². The maximum Gasteiger partial charge on any atom is 0.146 e. The molecule has 5 heteroatoms. The fraction of sp³-hybridized carbons (Fsp3) is 0.231. The van der Waals surface area contributed by atoms with E-state index >= 15 is 0 Å². The Labute approximate surface area is 182 Å². The van der Waals surface area contributed by atoms with Crippen LogP contribution in [0.25, 0.3) is 10.9 Å². The van der Waals surface area contributed by atoms with Crippen molar-refractivity contribution in [3.63, 3.8) is 0 Å². The van der Waals surface area contributed by atoms with Gasteiger partial charge in [0.2, 0.25) is 0 Å². The molecule has 2 aromatic heterocycles. The van der Waals surface area contributed by atoms with E-state index in [0.717, 1.165) is 55.1 Å². The minimum atomic E-state index is 0.438. The van der Waals surface area contributed by atoms with E-state index in [9.17, 15) is 0 Å². The fourth-order valence-electron chi connectivity index (χ4n) is 4.14. The van der Waals surface area contributed by atoms with Crippen LogP contribution in [0.1, 0.15) is 11.3 Å². The van der Waals surface area contributed by atoms with E-state index < -0.39 is 0 Å². The van der Waals surface area contributed by atoms with Crippen LogP contribution in [0.2, 0.25) is 0 Å². The van der Waals surface area contributed by atoms with Gasteiger partial charge in [-0.1, -0.05) is 36.4 Å². The molecule has 2 aromatic carbocycles. The lowest BCUT2D eigenvalue weighted by Crippen LogP contribution is -2.45. The zero-order valence-corrected chi connectivity index (χ0v) is 17.5. The first-order chi connectivity index (χ1) is 15.4. The van der Waals surface area contributed by atoms with Crippen LogP contribution in [0.4, 0.5) is 5.69 Å². The lowest BCUT2D eigenvalue weighted by Gasteiger charge is -2.36. The highest BCUT2D eigenvalue weighted by Gasteiger charge is 2.18. The third kappa shape index (κ3) is 4.52.